The molecule has 0 aromatic heterocycles. The molecule has 0 radical (unpaired) electrons. The van der Waals surface area contributed by atoms with E-state index in [1.165, 1.54) is 0 Å². The summed E-state index contributed by atoms with van der Waals surface area (Å²) in [6, 6.07) is 19.5. The van der Waals surface area contributed by atoms with Crippen LogP contribution in [0.4, 0.5) is 27.5 Å². The van der Waals surface area contributed by atoms with Crippen molar-refractivity contribution in [3.8, 4) is 0 Å². The fourth-order valence-electron chi connectivity index (χ4n) is 5.42. The molecular formula is C36H47N5O5S. The SMILES string of the molecule is CCN(CC)CC(=O)Nc1c(C)cccc1C.CCOC(=O)Nc1ccc2c(c1)N(C(=O)CCN1CCOCC1)c1ccccc1S2. The molecule has 2 aliphatic rings. The minimum atomic E-state index is -0.508. The number of nitrogens with one attached hydrogen (secondary N) is 2. The summed E-state index contributed by atoms with van der Waals surface area (Å²) in [4.78, 5) is 45.2. The van der Waals surface area contributed by atoms with Crippen LogP contribution in [0.5, 0.6) is 0 Å². The lowest BCUT2D eigenvalue weighted by molar-refractivity contribution is -0.118. The van der Waals surface area contributed by atoms with E-state index in [0.717, 1.165) is 64.2 Å². The van der Waals surface area contributed by atoms with Gasteiger partial charge in [0.1, 0.15) is 0 Å². The summed E-state index contributed by atoms with van der Waals surface area (Å²) in [5, 5.41) is 5.73. The van der Waals surface area contributed by atoms with Gasteiger partial charge in [-0.05, 0) is 75.3 Å². The molecule has 2 aliphatic heterocycles. The Morgan fingerprint density at radius 2 is 1.55 bits per heavy atom. The Morgan fingerprint density at radius 1 is 0.872 bits per heavy atom. The van der Waals surface area contributed by atoms with Crippen molar-refractivity contribution in [2.75, 3.05) is 74.6 Å². The number of rotatable bonds is 10. The van der Waals surface area contributed by atoms with Gasteiger partial charge in [0.25, 0.3) is 0 Å². The average molecular weight is 662 g/mol. The number of carbonyl (C=O) groups is 3. The van der Waals surface area contributed by atoms with Gasteiger partial charge in [0.15, 0.2) is 0 Å². The second-order valence-electron chi connectivity index (χ2n) is 11.3. The van der Waals surface area contributed by atoms with Crippen LogP contribution in [0, 0.1) is 13.8 Å². The lowest BCUT2D eigenvalue weighted by Crippen LogP contribution is -2.39. The Bertz CT molecular complexity index is 1500. The normalized spacial score (nSPS) is 14.0. The molecule has 3 aromatic carbocycles. The van der Waals surface area contributed by atoms with E-state index in [2.05, 4.69) is 34.3 Å². The molecule has 0 unspecified atom stereocenters. The number of anilines is 4. The smallest absolute Gasteiger partial charge is 0.411 e. The summed E-state index contributed by atoms with van der Waals surface area (Å²) in [5.74, 6) is 0.0925. The fraction of sp³-hybridized carbons (Fsp3) is 0.417. The summed E-state index contributed by atoms with van der Waals surface area (Å²) in [5.41, 5.74) is 5.41. The molecule has 0 spiro atoms. The van der Waals surface area contributed by atoms with Crippen molar-refractivity contribution in [2.45, 2.75) is 50.8 Å². The largest absolute Gasteiger partial charge is 0.450 e. The molecule has 47 heavy (non-hydrogen) atoms. The van der Waals surface area contributed by atoms with Crippen molar-refractivity contribution in [2.24, 2.45) is 0 Å². The van der Waals surface area contributed by atoms with E-state index in [9.17, 15) is 14.4 Å². The van der Waals surface area contributed by atoms with Crippen molar-refractivity contribution in [3.05, 3.63) is 71.8 Å². The van der Waals surface area contributed by atoms with Crippen LogP contribution in [-0.4, -0.2) is 86.8 Å². The average Bonchev–Trinajstić information content (AvgIpc) is 3.07. The van der Waals surface area contributed by atoms with Crippen molar-refractivity contribution in [1.82, 2.24) is 9.80 Å². The maximum atomic E-state index is 13.3. The van der Waals surface area contributed by atoms with Gasteiger partial charge in [-0.15, -0.1) is 0 Å². The molecule has 0 bridgehead atoms. The lowest BCUT2D eigenvalue weighted by Gasteiger charge is -2.32. The molecule has 252 valence electrons. The molecule has 2 heterocycles. The first-order valence-corrected chi connectivity index (χ1v) is 17.1. The predicted molar refractivity (Wildman–Crippen MR) is 189 cm³/mol. The first-order valence-electron chi connectivity index (χ1n) is 16.3. The molecule has 3 aromatic rings. The maximum absolute atomic E-state index is 13.3. The number of aryl methyl sites for hydroxylation is 2. The summed E-state index contributed by atoms with van der Waals surface area (Å²) in [7, 11) is 0. The minimum Gasteiger partial charge on any atom is -0.450 e. The van der Waals surface area contributed by atoms with E-state index < -0.39 is 6.09 Å². The topological polar surface area (TPSA) is 103 Å². The highest BCUT2D eigenvalue weighted by Gasteiger charge is 2.29. The number of para-hydroxylation sites is 2. The molecule has 1 saturated heterocycles. The van der Waals surface area contributed by atoms with Crippen LogP contribution in [0.15, 0.2) is 70.5 Å². The number of fused-ring (bicyclic) bond motifs is 2. The molecule has 0 aliphatic carbocycles. The summed E-state index contributed by atoms with van der Waals surface area (Å²) in [6.07, 6.45) is -0.0972. The van der Waals surface area contributed by atoms with E-state index in [1.807, 2.05) is 74.5 Å². The third-order valence-electron chi connectivity index (χ3n) is 8.05. The molecule has 0 atom stereocenters. The van der Waals surface area contributed by atoms with Crippen LogP contribution in [-0.2, 0) is 19.1 Å². The third kappa shape index (κ3) is 10.0. The number of morpholine rings is 1. The third-order valence-corrected chi connectivity index (χ3v) is 9.18. The van der Waals surface area contributed by atoms with Gasteiger partial charge in [-0.1, -0.05) is 55.9 Å². The van der Waals surface area contributed by atoms with Gasteiger partial charge in [-0.2, -0.15) is 0 Å². The Morgan fingerprint density at radius 3 is 2.23 bits per heavy atom. The minimum absolute atomic E-state index is 0.0313. The number of ether oxygens (including phenoxy) is 2. The number of likely N-dealkylation sites (N-methyl/N-ethyl adjacent to an activating group) is 1. The van der Waals surface area contributed by atoms with Gasteiger partial charge in [-0.25, -0.2) is 4.79 Å². The highest BCUT2D eigenvalue weighted by molar-refractivity contribution is 7.99. The van der Waals surface area contributed by atoms with Crippen molar-refractivity contribution in [1.29, 1.82) is 0 Å². The van der Waals surface area contributed by atoms with Crippen molar-refractivity contribution >= 4 is 52.4 Å². The van der Waals surface area contributed by atoms with Gasteiger partial charge in [0, 0.05) is 47.2 Å². The van der Waals surface area contributed by atoms with Crippen LogP contribution in [0.1, 0.15) is 38.3 Å². The Balaban J connectivity index is 0.000000251. The Labute approximate surface area is 282 Å². The van der Waals surface area contributed by atoms with Crippen LogP contribution in [0.3, 0.4) is 0 Å². The number of amides is 3. The van der Waals surface area contributed by atoms with E-state index in [0.29, 0.717) is 45.0 Å². The molecule has 1 fully saturated rings. The molecule has 11 heteroatoms. The summed E-state index contributed by atoms with van der Waals surface area (Å²) >= 11 is 1.62. The predicted octanol–water partition coefficient (Wildman–Crippen LogP) is 6.69. The monoisotopic (exact) mass is 661 g/mol. The molecule has 2 N–H and O–H groups in total. The van der Waals surface area contributed by atoms with Gasteiger partial charge >= 0.3 is 6.09 Å². The zero-order valence-electron chi connectivity index (χ0n) is 28.1. The van der Waals surface area contributed by atoms with Crippen LogP contribution < -0.4 is 15.5 Å². The zero-order chi connectivity index (χ0) is 33.8. The Hall–Kier alpha value is -3.90. The lowest BCUT2D eigenvalue weighted by atomic mass is 10.1. The second kappa shape index (κ2) is 17.9. The fourth-order valence-corrected chi connectivity index (χ4v) is 6.46. The molecular weight excluding hydrogens is 614 g/mol. The number of hydrogen-bond donors (Lipinski definition) is 2. The first-order chi connectivity index (χ1) is 22.7. The molecule has 3 amide bonds. The maximum Gasteiger partial charge on any atom is 0.411 e. The number of hydrogen-bond acceptors (Lipinski definition) is 8. The summed E-state index contributed by atoms with van der Waals surface area (Å²) < 4.78 is 10.4. The van der Waals surface area contributed by atoms with E-state index in [1.54, 1.807) is 23.6 Å². The van der Waals surface area contributed by atoms with E-state index in [4.69, 9.17) is 9.47 Å². The molecule has 10 nitrogen and oxygen atoms in total. The quantitative estimate of drug-likeness (QED) is 0.248. The highest BCUT2D eigenvalue weighted by atomic mass is 32.2. The first kappa shape index (κ1) is 35.9. The van der Waals surface area contributed by atoms with Gasteiger partial charge < -0.3 is 14.8 Å². The molecule has 5 rings (SSSR count). The Kier molecular flexibility index (Phi) is 13.7. The number of benzene rings is 3. The standard InChI is InChI=1S/C22H25N3O4S.C14H22N2O/c1-2-29-22(27)23-16-7-8-20-18(15-16)25(17-5-3-4-6-19(17)30-20)21(26)9-10-24-11-13-28-14-12-24;1-5-16(6-2)10-13(17)15-14-11(3)8-7-9-12(14)4/h3-8,15H,2,9-14H2,1H3,(H,23,27);7-9H,5-6,10H2,1-4H3,(H,15,17). The van der Waals surface area contributed by atoms with E-state index >= 15 is 0 Å². The van der Waals surface area contributed by atoms with Crippen LogP contribution >= 0.6 is 11.8 Å². The van der Waals surface area contributed by atoms with Gasteiger partial charge in [0.2, 0.25) is 11.8 Å². The number of nitrogens with zero attached hydrogens (tertiary/aromatic N) is 3. The van der Waals surface area contributed by atoms with Gasteiger partial charge in [0.05, 0.1) is 37.7 Å². The van der Waals surface area contributed by atoms with Gasteiger partial charge in [-0.3, -0.25) is 29.6 Å². The molecule has 0 saturated carbocycles. The zero-order valence-corrected chi connectivity index (χ0v) is 29.0. The second-order valence-corrected chi connectivity index (χ2v) is 12.4. The van der Waals surface area contributed by atoms with Crippen LogP contribution in [0.2, 0.25) is 0 Å². The van der Waals surface area contributed by atoms with Crippen molar-refractivity contribution < 1.29 is 23.9 Å². The number of carbonyl (C=O) groups excluding carboxylic acids is 3. The highest BCUT2D eigenvalue weighted by Crippen LogP contribution is 2.49. The van der Waals surface area contributed by atoms with Crippen LogP contribution in [0.25, 0.3) is 0 Å². The van der Waals surface area contributed by atoms with Crippen molar-refractivity contribution in [3.63, 3.8) is 0 Å². The summed E-state index contributed by atoms with van der Waals surface area (Å²) in [6.45, 7) is 16.3. The van der Waals surface area contributed by atoms with E-state index in [-0.39, 0.29) is 11.8 Å².